The molecule has 0 saturated carbocycles. The number of ether oxygens (including phenoxy) is 1. The van der Waals surface area contributed by atoms with E-state index in [0.717, 1.165) is 42.3 Å². The van der Waals surface area contributed by atoms with E-state index in [1.54, 1.807) is 0 Å². The van der Waals surface area contributed by atoms with Crippen molar-refractivity contribution >= 4 is 0 Å². The summed E-state index contributed by atoms with van der Waals surface area (Å²) in [6, 6.07) is 10.3. The van der Waals surface area contributed by atoms with E-state index in [2.05, 4.69) is 38.8 Å². The second kappa shape index (κ2) is 6.53. The summed E-state index contributed by atoms with van der Waals surface area (Å²) in [5.74, 6) is 0.376. The van der Waals surface area contributed by atoms with Crippen LogP contribution >= 0.6 is 0 Å². The van der Waals surface area contributed by atoms with Gasteiger partial charge in [0.2, 0.25) is 0 Å². The van der Waals surface area contributed by atoms with Gasteiger partial charge in [0.1, 0.15) is 0 Å². The molecule has 1 unspecified atom stereocenters. The van der Waals surface area contributed by atoms with Crippen LogP contribution in [0.25, 0.3) is 11.3 Å². The molecule has 1 aliphatic heterocycles. The van der Waals surface area contributed by atoms with Crippen LogP contribution in [0.5, 0.6) is 0 Å². The smallest absolute Gasteiger partial charge is 0.0959 e. The van der Waals surface area contributed by atoms with Gasteiger partial charge in [0.25, 0.3) is 0 Å². The summed E-state index contributed by atoms with van der Waals surface area (Å²) in [6.07, 6.45) is 6.60. The van der Waals surface area contributed by atoms with Gasteiger partial charge < -0.3 is 9.30 Å². The third-order valence-corrected chi connectivity index (χ3v) is 4.41. The van der Waals surface area contributed by atoms with Crippen molar-refractivity contribution in [2.75, 3.05) is 13.2 Å². The van der Waals surface area contributed by atoms with Gasteiger partial charge in [0, 0.05) is 24.3 Å². The second-order valence-corrected chi connectivity index (χ2v) is 6.18. The maximum absolute atomic E-state index is 5.62. The minimum atomic E-state index is 0.376. The summed E-state index contributed by atoms with van der Waals surface area (Å²) in [5.41, 5.74) is 5.30. The summed E-state index contributed by atoms with van der Waals surface area (Å²) >= 11 is 0. The molecule has 1 aliphatic rings. The van der Waals surface area contributed by atoms with Crippen LogP contribution in [-0.4, -0.2) is 32.7 Å². The highest BCUT2D eigenvalue weighted by atomic mass is 16.5. The molecule has 1 aromatic carbocycles. The van der Waals surface area contributed by atoms with Crippen molar-refractivity contribution in [3.8, 4) is 11.3 Å². The van der Waals surface area contributed by atoms with Crippen molar-refractivity contribution in [1.29, 1.82) is 0 Å². The summed E-state index contributed by atoms with van der Waals surface area (Å²) in [5, 5.41) is 0. The molecule has 1 atom stereocenters. The van der Waals surface area contributed by atoms with Crippen LogP contribution in [0, 0.1) is 6.92 Å². The van der Waals surface area contributed by atoms with Crippen LogP contribution in [0.1, 0.15) is 29.4 Å². The van der Waals surface area contributed by atoms with Crippen molar-refractivity contribution < 1.29 is 4.74 Å². The van der Waals surface area contributed by atoms with Crippen molar-refractivity contribution in [3.05, 3.63) is 66.1 Å². The number of imidazole rings is 1. The summed E-state index contributed by atoms with van der Waals surface area (Å²) in [4.78, 5) is 13.5. The molecule has 0 amide bonds. The van der Waals surface area contributed by atoms with Crippen molar-refractivity contribution in [2.24, 2.45) is 0 Å². The van der Waals surface area contributed by atoms with Gasteiger partial charge in [-0.2, -0.15) is 0 Å². The van der Waals surface area contributed by atoms with Crippen molar-refractivity contribution in [3.63, 3.8) is 0 Å². The highest BCUT2D eigenvalue weighted by molar-refractivity contribution is 5.62. The van der Waals surface area contributed by atoms with E-state index in [4.69, 9.17) is 9.72 Å². The molecule has 1 saturated heterocycles. The topological polar surface area (TPSA) is 52.8 Å². The predicted molar refractivity (Wildman–Crippen MR) is 91.7 cm³/mol. The maximum atomic E-state index is 5.62. The first kappa shape index (κ1) is 15.0. The number of hydrogen-bond acceptors (Lipinski definition) is 4. The van der Waals surface area contributed by atoms with Gasteiger partial charge in [-0.1, -0.05) is 30.3 Å². The fourth-order valence-electron chi connectivity index (χ4n) is 3.19. The lowest BCUT2D eigenvalue weighted by Crippen LogP contribution is -2.11. The Labute approximate surface area is 141 Å². The molecule has 1 fully saturated rings. The van der Waals surface area contributed by atoms with Crippen LogP contribution < -0.4 is 0 Å². The van der Waals surface area contributed by atoms with Crippen molar-refractivity contribution in [2.45, 2.75) is 25.8 Å². The molecule has 3 aromatic rings. The van der Waals surface area contributed by atoms with E-state index < -0.39 is 0 Å². The van der Waals surface area contributed by atoms with Crippen LogP contribution in [0.2, 0.25) is 0 Å². The average Bonchev–Trinajstić information content (AvgIpc) is 3.27. The lowest BCUT2D eigenvalue weighted by Gasteiger charge is -2.14. The second-order valence-electron chi connectivity index (χ2n) is 6.18. The van der Waals surface area contributed by atoms with Crippen LogP contribution in [0.15, 0.2) is 49.1 Å². The largest absolute Gasteiger partial charge is 0.381 e. The zero-order chi connectivity index (χ0) is 16.4. The molecule has 0 bridgehead atoms. The quantitative estimate of drug-likeness (QED) is 0.741. The molecule has 2 aromatic heterocycles. The van der Waals surface area contributed by atoms with E-state index >= 15 is 0 Å². The van der Waals surface area contributed by atoms with E-state index in [1.165, 1.54) is 5.69 Å². The van der Waals surface area contributed by atoms with Crippen LogP contribution in [0.3, 0.4) is 0 Å². The average molecular weight is 320 g/mol. The fraction of sp³-hybridized carbons (Fsp3) is 0.316. The maximum Gasteiger partial charge on any atom is 0.0959 e. The molecule has 3 heterocycles. The molecule has 0 spiro atoms. The number of aromatic nitrogens is 4. The molecule has 5 nitrogen and oxygen atoms in total. The standard InChI is InChI=1S/C19H20N4O/c1-14-9-21-17(10-20-14)11-23-13-22-18(15-5-3-2-4-6-15)19(23)16-7-8-24-12-16/h2-6,9-10,13,16H,7-8,11-12H2,1H3. The van der Waals surface area contributed by atoms with Gasteiger partial charge >= 0.3 is 0 Å². The number of benzene rings is 1. The van der Waals surface area contributed by atoms with Gasteiger partial charge in [0.15, 0.2) is 0 Å². The molecule has 0 radical (unpaired) electrons. The Morgan fingerprint density at radius 2 is 2.00 bits per heavy atom. The summed E-state index contributed by atoms with van der Waals surface area (Å²) in [7, 11) is 0. The minimum Gasteiger partial charge on any atom is -0.381 e. The fourth-order valence-corrected chi connectivity index (χ4v) is 3.19. The molecule has 4 rings (SSSR count). The molecular formula is C19H20N4O. The third-order valence-electron chi connectivity index (χ3n) is 4.41. The number of aryl methyl sites for hydroxylation is 1. The van der Waals surface area contributed by atoms with Gasteiger partial charge in [-0.3, -0.25) is 9.97 Å². The normalized spacial score (nSPS) is 17.3. The number of rotatable bonds is 4. The van der Waals surface area contributed by atoms with E-state index in [1.807, 2.05) is 31.7 Å². The molecule has 0 N–H and O–H groups in total. The van der Waals surface area contributed by atoms with Crippen molar-refractivity contribution in [1.82, 2.24) is 19.5 Å². The molecule has 122 valence electrons. The Balaban J connectivity index is 1.73. The van der Waals surface area contributed by atoms with E-state index in [-0.39, 0.29) is 0 Å². The lowest BCUT2D eigenvalue weighted by molar-refractivity contribution is 0.193. The molecule has 24 heavy (non-hydrogen) atoms. The Bertz CT molecular complexity index is 805. The van der Waals surface area contributed by atoms with Gasteiger partial charge in [-0.25, -0.2) is 4.98 Å². The highest BCUT2D eigenvalue weighted by Gasteiger charge is 2.26. The number of nitrogens with zero attached hydrogens (tertiary/aromatic N) is 4. The van der Waals surface area contributed by atoms with Gasteiger partial charge in [-0.05, 0) is 13.3 Å². The zero-order valence-corrected chi connectivity index (χ0v) is 13.7. The highest BCUT2D eigenvalue weighted by Crippen LogP contribution is 2.33. The zero-order valence-electron chi connectivity index (χ0n) is 13.7. The Kier molecular flexibility index (Phi) is 4.09. The first-order valence-electron chi connectivity index (χ1n) is 8.27. The Morgan fingerprint density at radius 1 is 1.12 bits per heavy atom. The van der Waals surface area contributed by atoms with Crippen LogP contribution in [0.4, 0.5) is 0 Å². The monoisotopic (exact) mass is 320 g/mol. The molecule has 5 heteroatoms. The van der Waals surface area contributed by atoms with Crippen LogP contribution in [-0.2, 0) is 11.3 Å². The third kappa shape index (κ3) is 2.95. The minimum absolute atomic E-state index is 0.376. The van der Waals surface area contributed by atoms with E-state index in [0.29, 0.717) is 12.5 Å². The Hall–Kier alpha value is -2.53. The summed E-state index contributed by atoms with van der Waals surface area (Å²) in [6.45, 7) is 4.20. The first-order valence-corrected chi connectivity index (χ1v) is 8.27. The lowest BCUT2D eigenvalue weighted by atomic mass is 9.99. The molecular weight excluding hydrogens is 300 g/mol. The first-order chi connectivity index (χ1) is 11.8. The molecule has 0 aliphatic carbocycles. The SMILES string of the molecule is Cc1cnc(Cn2cnc(-c3ccccc3)c2C2CCOC2)cn1. The van der Waals surface area contributed by atoms with E-state index in [9.17, 15) is 0 Å². The summed E-state index contributed by atoms with van der Waals surface area (Å²) < 4.78 is 7.82. The van der Waals surface area contributed by atoms with Gasteiger partial charge in [0.05, 0.1) is 48.5 Å². The Morgan fingerprint density at radius 3 is 2.71 bits per heavy atom. The number of hydrogen-bond donors (Lipinski definition) is 0. The predicted octanol–water partition coefficient (Wildman–Crippen LogP) is 3.20. The van der Waals surface area contributed by atoms with Gasteiger partial charge in [-0.15, -0.1) is 0 Å².